The quantitative estimate of drug-likeness (QED) is 0.793. The van der Waals surface area contributed by atoms with E-state index in [0.717, 1.165) is 16.7 Å². The smallest absolute Gasteiger partial charge is 0.251 e. The zero-order valence-corrected chi connectivity index (χ0v) is 9.04. The van der Waals surface area contributed by atoms with E-state index in [0.29, 0.717) is 13.2 Å². The van der Waals surface area contributed by atoms with Crippen molar-refractivity contribution < 1.29 is 9.53 Å². The summed E-state index contributed by atoms with van der Waals surface area (Å²) in [5, 5.41) is 2.92. The van der Waals surface area contributed by atoms with Crippen LogP contribution in [-0.4, -0.2) is 25.2 Å². The first-order valence-electron chi connectivity index (χ1n) is 5.12. The van der Waals surface area contributed by atoms with E-state index in [1.165, 1.54) is 0 Å². The van der Waals surface area contributed by atoms with Crippen LogP contribution < -0.4 is 5.32 Å². The summed E-state index contributed by atoms with van der Waals surface area (Å²) in [6.45, 7) is 5.26. The molecule has 1 aliphatic rings. The molecule has 1 N–H and O–H groups in total. The highest BCUT2D eigenvalue weighted by Gasteiger charge is 2.20. The fraction of sp³-hybridized carbons (Fsp3) is 0.417. The summed E-state index contributed by atoms with van der Waals surface area (Å²) in [5.41, 5.74) is 2.97. The minimum absolute atomic E-state index is 0.00454. The van der Waals surface area contributed by atoms with Gasteiger partial charge in [-0.25, -0.2) is 0 Å². The van der Waals surface area contributed by atoms with Crippen LogP contribution in [0.4, 0.5) is 0 Å². The number of carbonyl (C=O) groups excluding carboxylic acids is 1. The lowest BCUT2D eigenvalue weighted by molar-refractivity contribution is -0.00346. The minimum Gasteiger partial charge on any atom is -0.377 e. The van der Waals surface area contributed by atoms with Crippen LogP contribution >= 0.6 is 0 Å². The summed E-state index contributed by atoms with van der Waals surface area (Å²) in [5.74, 6) is -0.00454. The molecule has 1 aromatic rings. The number of nitrogens with one attached hydrogen (secondary N) is 1. The first kappa shape index (κ1) is 10.2. The number of ether oxygens (including phenoxy) is 1. The highest BCUT2D eigenvalue weighted by atomic mass is 16.5. The number of hydrogen-bond donors (Lipinski definition) is 1. The minimum atomic E-state index is -0.00454. The molecule has 0 radical (unpaired) electrons. The van der Waals surface area contributed by atoms with Gasteiger partial charge in [-0.05, 0) is 26.0 Å². The number of aryl methyl sites for hydroxylation is 2. The van der Waals surface area contributed by atoms with Gasteiger partial charge in [0, 0.05) is 5.56 Å². The van der Waals surface area contributed by atoms with Crippen LogP contribution in [0.25, 0.3) is 0 Å². The topological polar surface area (TPSA) is 38.3 Å². The van der Waals surface area contributed by atoms with Crippen molar-refractivity contribution in [3.8, 4) is 0 Å². The van der Waals surface area contributed by atoms with Crippen LogP contribution in [0.1, 0.15) is 21.5 Å². The molecule has 0 aromatic heterocycles. The van der Waals surface area contributed by atoms with E-state index in [2.05, 4.69) is 11.4 Å². The Balaban J connectivity index is 2.10. The molecule has 0 atom stereocenters. The second kappa shape index (κ2) is 4.03. The maximum atomic E-state index is 11.8. The SMILES string of the molecule is Cc1cc(C)cc(C(=O)NC2COC2)c1. The fourth-order valence-corrected chi connectivity index (χ4v) is 1.69. The highest BCUT2D eigenvalue weighted by molar-refractivity contribution is 5.94. The molecule has 0 aliphatic carbocycles. The maximum absolute atomic E-state index is 11.8. The van der Waals surface area contributed by atoms with Gasteiger partial charge in [-0.1, -0.05) is 17.2 Å². The second-order valence-corrected chi connectivity index (χ2v) is 4.08. The molecule has 0 saturated carbocycles. The van der Waals surface area contributed by atoms with Crippen molar-refractivity contribution in [1.82, 2.24) is 5.32 Å². The van der Waals surface area contributed by atoms with Crippen molar-refractivity contribution in [1.29, 1.82) is 0 Å². The van der Waals surface area contributed by atoms with E-state index in [4.69, 9.17) is 4.74 Å². The molecule has 1 fully saturated rings. The number of benzene rings is 1. The molecule has 1 saturated heterocycles. The van der Waals surface area contributed by atoms with Crippen LogP contribution in [0.5, 0.6) is 0 Å². The van der Waals surface area contributed by atoms with Gasteiger partial charge in [0.15, 0.2) is 0 Å². The summed E-state index contributed by atoms with van der Waals surface area (Å²) in [6, 6.07) is 6.06. The number of rotatable bonds is 2. The van der Waals surface area contributed by atoms with Gasteiger partial charge < -0.3 is 10.1 Å². The zero-order valence-electron chi connectivity index (χ0n) is 9.04. The molecular weight excluding hydrogens is 190 g/mol. The van der Waals surface area contributed by atoms with Crippen molar-refractivity contribution in [3.63, 3.8) is 0 Å². The zero-order chi connectivity index (χ0) is 10.8. The summed E-state index contributed by atoms with van der Waals surface area (Å²) in [7, 11) is 0. The first-order chi connectivity index (χ1) is 7.15. The van der Waals surface area contributed by atoms with Gasteiger partial charge in [0.05, 0.1) is 19.3 Å². The average molecular weight is 205 g/mol. The van der Waals surface area contributed by atoms with Crippen LogP contribution in [0.3, 0.4) is 0 Å². The van der Waals surface area contributed by atoms with E-state index < -0.39 is 0 Å². The Kier molecular flexibility index (Phi) is 2.73. The summed E-state index contributed by atoms with van der Waals surface area (Å²) in [6.07, 6.45) is 0. The molecule has 1 heterocycles. The predicted octanol–water partition coefficient (Wildman–Crippen LogP) is 1.43. The van der Waals surface area contributed by atoms with Crippen LogP contribution in [0.15, 0.2) is 18.2 Å². The van der Waals surface area contributed by atoms with Crippen molar-refractivity contribution in [2.75, 3.05) is 13.2 Å². The number of amides is 1. The van der Waals surface area contributed by atoms with Crippen LogP contribution in [0, 0.1) is 13.8 Å². The summed E-state index contributed by atoms with van der Waals surface area (Å²) >= 11 is 0. The highest BCUT2D eigenvalue weighted by Crippen LogP contribution is 2.10. The monoisotopic (exact) mass is 205 g/mol. The van der Waals surface area contributed by atoms with Gasteiger partial charge in [0.2, 0.25) is 0 Å². The molecule has 1 aromatic carbocycles. The van der Waals surface area contributed by atoms with Crippen molar-refractivity contribution in [2.24, 2.45) is 0 Å². The molecule has 2 rings (SSSR count). The van der Waals surface area contributed by atoms with Gasteiger partial charge in [-0.3, -0.25) is 4.79 Å². The molecule has 0 spiro atoms. The Hall–Kier alpha value is -1.35. The lowest BCUT2D eigenvalue weighted by atomic mass is 10.1. The molecule has 80 valence electrons. The van der Waals surface area contributed by atoms with Crippen molar-refractivity contribution >= 4 is 5.91 Å². The third-order valence-corrected chi connectivity index (χ3v) is 2.46. The van der Waals surface area contributed by atoms with Gasteiger partial charge in [0.1, 0.15) is 0 Å². The largest absolute Gasteiger partial charge is 0.377 e. The molecule has 3 heteroatoms. The van der Waals surface area contributed by atoms with Gasteiger partial charge in [-0.2, -0.15) is 0 Å². The fourth-order valence-electron chi connectivity index (χ4n) is 1.69. The normalized spacial score (nSPS) is 15.9. The standard InChI is InChI=1S/C12H15NO2/c1-8-3-9(2)5-10(4-8)12(14)13-11-6-15-7-11/h3-5,11H,6-7H2,1-2H3,(H,13,14). The number of carbonyl (C=O) groups is 1. The van der Waals surface area contributed by atoms with E-state index in [1.54, 1.807) is 0 Å². The van der Waals surface area contributed by atoms with Gasteiger partial charge in [-0.15, -0.1) is 0 Å². The van der Waals surface area contributed by atoms with Gasteiger partial charge in [0.25, 0.3) is 5.91 Å². The van der Waals surface area contributed by atoms with E-state index in [1.807, 2.05) is 26.0 Å². The van der Waals surface area contributed by atoms with Crippen molar-refractivity contribution in [2.45, 2.75) is 19.9 Å². The third kappa shape index (κ3) is 2.36. The Morgan fingerprint density at radius 3 is 2.33 bits per heavy atom. The summed E-state index contributed by atoms with van der Waals surface area (Å²) < 4.78 is 5.00. The molecule has 0 bridgehead atoms. The van der Waals surface area contributed by atoms with Gasteiger partial charge >= 0.3 is 0 Å². The Morgan fingerprint density at radius 2 is 1.87 bits per heavy atom. The van der Waals surface area contributed by atoms with E-state index in [-0.39, 0.29) is 11.9 Å². The Bertz CT molecular complexity index is 363. The molecule has 15 heavy (non-hydrogen) atoms. The molecular formula is C12H15NO2. The average Bonchev–Trinajstić information content (AvgIpc) is 2.09. The summed E-state index contributed by atoms with van der Waals surface area (Å²) in [4.78, 5) is 11.8. The molecule has 3 nitrogen and oxygen atoms in total. The van der Waals surface area contributed by atoms with E-state index in [9.17, 15) is 4.79 Å². The van der Waals surface area contributed by atoms with Crippen LogP contribution in [-0.2, 0) is 4.74 Å². The van der Waals surface area contributed by atoms with Crippen LogP contribution in [0.2, 0.25) is 0 Å². The third-order valence-electron chi connectivity index (χ3n) is 2.46. The Morgan fingerprint density at radius 1 is 1.27 bits per heavy atom. The second-order valence-electron chi connectivity index (χ2n) is 4.08. The van der Waals surface area contributed by atoms with Crippen molar-refractivity contribution in [3.05, 3.63) is 34.9 Å². The molecule has 1 aliphatic heterocycles. The first-order valence-corrected chi connectivity index (χ1v) is 5.12. The maximum Gasteiger partial charge on any atom is 0.251 e. The lowest BCUT2D eigenvalue weighted by Gasteiger charge is -2.26. The number of hydrogen-bond acceptors (Lipinski definition) is 2. The molecule has 0 unspecified atom stereocenters. The lowest BCUT2D eigenvalue weighted by Crippen LogP contribution is -2.48. The molecule has 1 amide bonds. The Labute approximate surface area is 89.4 Å². The predicted molar refractivity (Wildman–Crippen MR) is 58.0 cm³/mol. The van der Waals surface area contributed by atoms with E-state index >= 15 is 0 Å².